The number of anilines is 2. The summed E-state index contributed by atoms with van der Waals surface area (Å²) in [5.74, 6) is 0. The van der Waals surface area contributed by atoms with E-state index in [-0.39, 0.29) is 0 Å². The Hall–Kier alpha value is -1.26. The molecule has 0 bridgehead atoms. The van der Waals surface area contributed by atoms with Crippen molar-refractivity contribution in [3.8, 4) is 0 Å². The number of hydrogen-bond donors (Lipinski definition) is 2. The summed E-state index contributed by atoms with van der Waals surface area (Å²) < 4.78 is 5.26. The van der Waals surface area contributed by atoms with E-state index in [1.54, 1.807) is 0 Å². The zero-order chi connectivity index (χ0) is 11.7. The van der Waals surface area contributed by atoms with E-state index in [0.717, 1.165) is 37.7 Å². The second-order valence-corrected chi connectivity index (χ2v) is 5.22. The number of benzene rings is 1. The van der Waals surface area contributed by atoms with E-state index in [1.807, 2.05) is 24.3 Å². The number of likely N-dealkylation sites (tertiary alicyclic amines) is 1. The van der Waals surface area contributed by atoms with E-state index in [2.05, 4.69) is 10.2 Å². The lowest BCUT2D eigenvalue weighted by Crippen LogP contribution is -2.66. The molecule has 0 atom stereocenters. The fourth-order valence-electron chi connectivity index (χ4n) is 2.64. The molecule has 2 fully saturated rings. The molecule has 2 aliphatic rings. The summed E-state index contributed by atoms with van der Waals surface area (Å²) >= 11 is 0. The topological polar surface area (TPSA) is 50.5 Å². The van der Waals surface area contributed by atoms with Gasteiger partial charge >= 0.3 is 0 Å². The first-order valence-electron chi connectivity index (χ1n) is 6.16. The lowest BCUT2D eigenvalue weighted by Gasteiger charge is -2.55. The molecule has 2 aliphatic heterocycles. The van der Waals surface area contributed by atoms with E-state index in [4.69, 9.17) is 10.5 Å². The highest BCUT2D eigenvalue weighted by atomic mass is 16.5. The van der Waals surface area contributed by atoms with Gasteiger partial charge in [0.1, 0.15) is 0 Å². The molecule has 1 aromatic carbocycles. The number of hydrogen-bond acceptors (Lipinski definition) is 4. The third kappa shape index (κ3) is 2.10. The van der Waals surface area contributed by atoms with Crippen LogP contribution in [0.3, 0.4) is 0 Å². The molecule has 3 N–H and O–H groups in total. The average Bonchev–Trinajstić information content (AvgIpc) is 2.21. The first-order valence-corrected chi connectivity index (χ1v) is 6.16. The molecular weight excluding hydrogens is 214 g/mol. The minimum Gasteiger partial charge on any atom is -0.397 e. The molecule has 17 heavy (non-hydrogen) atoms. The summed E-state index contributed by atoms with van der Waals surface area (Å²) in [6.45, 7) is 6.34. The first-order chi connectivity index (χ1) is 8.27. The molecule has 4 heteroatoms. The van der Waals surface area contributed by atoms with Gasteiger partial charge in [-0.15, -0.1) is 0 Å². The van der Waals surface area contributed by atoms with Gasteiger partial charge in [0, 0.05) is 31.6 Å². The zero-order valence-electron chi connectivity index (χ0n) is 9.98. The molecule has 92 valence electrons. The van der Waals surface area contributed by atoms with Gasteiger partial charge in [0.2, 0.25) is 0 Å². The Labute approximate surface area is 102 Å². The van der Waals surface area contributed by atoms with Gasteiger partial charge < -0.3 is 20.7 Å². The molecule has 1 aromatic rings. The largest absolute Gasteiger partial charge is 0.397 e. The van der Waals surface area contributed by atoms with Crippen LogP contribution in [0.5, 0.6) is 0 Å². The van der Waals surface area contributed by atoms with Crippen LogP contribution >= 0.6 is 0 Å². The van der Waals surface area contributed by atoms with Crippen molar-refractivity contribution in [1.29, 1.82) is 0 Å². The predicted octanol–water partition coefficient (Wildman–Crippen LogP) is 1.01. The summed E-state index contributed by atoms with van der Waals surface area (Å²) in [6, 6.07) is 7.90. The van der Waals surface area contributed by atoms with Crippen LogP contribution < -0.4 is 11.1 Å². The van der Waals surface area contributed by atoms with Gasteiger partial charge in [-0.05, 0) is 12.1 Å². The monoisotopic (exact) mass is 233 g/mol. The molecule has 2 heterocycles. The highest BCUT2D eigenvalue weighted by Crippen LogP contribution is 2.37. The van der Waals surface area contributed by atoms with Gasteiger partial charge in [-0.1, -0.05) is 12.1 Å². The number of nitrogens with two attached hydrogens (primary N) is 1. The molecule has 0 aliphatic carbocycles. The van der Waals surface area contributed by atoms with E-state index >= 15 is 0 Å². The van der Waals surface area contributed by atoms with E-state index in [1.165, 1.54) is 13.1 Å². The van der Waals surface area contributed by atoms with Crippen LogP contribution in [-0.4, -0.2) is 44.3 Å². The normalized spacial score (nSPS) is 21.9. The van der Waals surface area contributed by atoms with Crippen molar-refractivity contribution in [2.45, 2.75) is 0 Å². The maximum absolute atomic E-state index is 5.87. The average molecular weight is 233 g/mol. The van der Waals surface area contributed by atoms with Crippen LogP contribution in [0.15, 0.2) is 24.3 Å². The van der Waals surface area contributed by atoms with Crippen LogP contribution in [0.4, 0.5) is 11.4 Å². The van der Waals surface area contributed by atoms with E-state index < -0.39 is 0 Å². The van der Waals surface area contributed by atoms with Crippen molar-refractivity contribution < 1.29 is 4.74 Å². The van der Waals surface area contributed by atoms with Crippen molar-refractivity contribution in [2.75, 3.05) is 50.4 Å². The predicted molar refractivity (Wildman–Crippen MR) is 69.0 cm³/mol. The Morgan fingerprint density at radius 1 is 1.29 bits per heavy atom. The fraction of sp³-hybridized carbons (Fsp3) is 0.538. The molecule has 0 unspecified atom stereocenters. The first kappa shape index (κ1) is 10.9. The van der Waals surface area contributed by atoms with Gasteiger partial charge in [-0.25, -0.2) is 0 Å². The van der Waals surface area contributed by atoms with Crippen molar-refractivity contribution >= 4 is 11.4 Å². The Bertz CT molecular complexity index is 395. The van der Waals surface area contributed by atoms with Crippen LogP contribution in [0.2, 0.25) is 0 Å². The maximum Gasteiger partial charge on any atom is 0.0574 e. The SMILES string of the molecule is Nc1ccccc1NCCN1CC2(COC2)C1. The van der Waals surface area contributed by atoms with Gasteiger partial charge in [0.25, 0.3) is 0 Å². The number of para-hydroxylation sites is 2. The molecule has 0 amide bonds. The highest BCUT2D eigenvalue weighted by molar-refractivity contribution is 5.65. The van der Waals surface area contributed by atoms with E-state index in [9.17, 15) is 0 Å². The van der Waals surface area contributed by atoms with Gasteiger partial charge in [0.05, 0.1) is 24.6 Å². The highest BCUT2D eigenvalue weighted by Gasteiger charge is 2.48. The second kappa shape index (κ2) is 4.20. The Morgan fingerprint density at radius 3 is 2.71 bits per heavy atom. The van der Waals surface area contributed by atoms with Crippen LogP contribution in [-0.2, 0) is 4.74 Å². The van der Waals surface area contributed by atoms with Crippen LogP contribution in [0, 0.1) is 5.41 Å². The summed E-state index contributed by atoms with van der Waals surface area (Å²) in [5, 5.41) is 3.38. The summed E-state index contributed by atoms with van der Waals surface area (Å²) in [6.07, 6.45) is 0. The molecule has 2 saturated heterocycles. The number of nitrogens with zero attached hydrogens (tertiary/aromatic N) is 1. The van der Waals surface area contributed by atoms with Gasteiger partial charge in [-0.3, -0.25) is 0 Å². The Kier molecular flexibility index (Phi) is 2.68. The van der Waals surface area contributed by atoms with Crippen molar-refractivity contribution in [1.82, 2.24) is 4.90 Å². The molecule has 3 rings (SSSR count). The lowest BCUT2D eigenvalue weighted by molar-refractivity contribution is -0.187. The van der Waals surface area contributed by atoms with Crippen LogP contribution in [0.1, 0.15) is 0 Å². The second-order valence-electron chi connectivity index (χ2n) is 5.22. The minimum atomic E-state index is 0.520. The summed E-state index contributed by atoms with van der Waals surface area (Å²) in [5.41, 5.74) is 8.24. The summed E-state index contributed by atoms with van der Waals surface area (Å²) in [4.78, 5) is 2.47. The Balaban J connectivity index is 1.40. The molecule has 0 radical (unpaired) electrons. The molecule has 1 spiro atoms. The Morgan fingerprint density at radius 2 is 2.06 bits per heavy atom. The van der Waals surface area contributed by atoms with Gasteiger partial charge in [-0.2, -0.15) is 0 Å². The van der Waals surface area contributed by atoms with Gasteiger partial charge in [0.15, 0.2) is 0 Å². The molecule has 0 aromatic heterocycles. The number of rotatable bonds is 4. The lowest BCUT2D eigenvalue weighted by atomic mass is 9.78. The molecule has 0 saturated carbocycles. The smallest absolute Gasteiger partial charge is 0.0574 e. The molecular formula is C13H19N3O. The number of ether oxygens (including phenoxy) is 1. The van der Waals surface area contributed by atoms with Crippen LogP contribution in [0.25, 0.3) is 0 Å². The van der Waals surface area contributed by atoms with E-state index in [0.29, 0.717) is 5.41 Å². The van der Waals surface area contributed by atoms with Crippen molar-refractivity contribution in [3.63, 3.8) is 0 Å². The minimum absolute atomic E-state index is 0.520. The standard InChI is InChI=1S/C13H19N3O/c14-11-3-1-2-4-12(11)15-5-6-16-7-13(8-16)9-17-10-13/h1-4,15H,5-10,14H2. The van der Waals surface area contributed by atoms with Crippen molar-refractivity contribution in [2.24, 2.45) is 5.41 Å². The number of nitrogen functional groups attached to an aromatic ring is 1. The zero-order valence-corrected chi connectivity index (χ0v) is 9.98. The maximum atomic E-state index is 5.87. The third-order valence-corrected chi connectivity index (χ3v) is 3.64. The molecule has 4 nitrogen and oxygen atoms in total. The number of nitrogens with one attached hydrogen (secondary N) is 1. The third-order valence-electron chi connectivity index (χ3n) is 3.64. The summed E-state index contributed by atoms with van der Waals surface area (Å²) in [7, 11) is 0. The van der Waals surface area contributed by atoms with Crippen molar-refractivity contribution in [3.05, 3.63) is 24.3 Å². The fourth-order valence-corrected chi connectivity index (χ4v) is 2.64. The quantitative estimate of drug-likeness (QED) is 0.762.